The summed E-state index contributed by atoms with van der Waals surface area (Å²) in [4.78, 5) is 27.6. The topological polar surface area (TPSA) is 90.7 Å². The summed E-state index contributed by atoms with van der Waals surface area (Å²) < 4.78 is 4.88. The number of aromatic nitrogens is 1. The van der Waals surface area contributed by atoms with Crippen LogP contribution in [0.3, 0.4) is 0 Å². The molecule has 9 heteroatoms. The van der Waals surface area contributed by atoms with Crippen LogP contribution in [0.15, 0.2) is 10.6 Å². The lowest BCUT2D eigenvalue weighted by Gasteiger charge is -2.28. The average molecular weight is 346 g/mol. The third-order valence-corrected chi connectivity index (χ3v) is 3.49. The standard InChI is InChI=1S/C14H23N5O3.ClH/c1-11-9-12(17-22-11)16-13(20)10-18(2)6-3-14(21)19-7-4-15-5-8-19;/h9,15H,3-8,10H2,1-2H3,(H,16,17,20);1H. The monoisotopic (exact) mass is 345 g/mol. The number of hydrogen-bond acceptors (Lipinski definition) is 6. The Bertz CT molecular complexity index is 516. The molecule has 0 spiro atoms. The normalized spacial score (nSPS) is 14.5. The minimum atomic E-state index is -0.176. The smallest absolute Gasteiger partial charge is 0.239 e. The predicted molar refractivity (Wildman–Crippen MR) is 88.7 cm³/mol. The van der Waals surface area contributed by atoms with Crippen LogP contribution in [0.25, 0.3) is 0 Å². The first-order valence-corrected chi connectivity index (χ1v) is 7.45. The van der Waals surface area contributed by atoms with Gasteiger partial charge in [-0.1, -0.05) is 5.16 Å². The molecule has 1 aliphatic heterocycles. The van der Waals surface area contributed by atoms with Crippen LogP contribution >= 0.6 is 12.4 Å². The first-order valence-electron chi connectivity index (χ1n) is 7.45. The van der Waals surface area contributed by atoms with E-state index in [0.717, 1.165) is 26.2 Å². The van der Waals surface area contributed by atoms with Crippen LogP contribution in [-0.4, -0.2) is 73.1 Å². The van der Waals surface area contributed by atoms with Gasteiger partial charge >= 0.3 is 0 Å². The van der Waals surface area contributed by atoms with Crippen molar-refractivity contribution in [3.05, 3.63) is 11.8 Å². The van der Waals surface area contributed by atoms with E-state index in [4.69, 9.17) is 4.52 Å². The van der Waals surface area contributed by atoms with Crippen molar-refractivity contribution in [3.63, 3.8) is 0 Å². The minimum absolute atomic E-state index is 0. The molecule has 0 bridgehead atoms. The summed E-state index contributed by atoms with van der Waals surface area (Å²) in [5.41, 5.74) is 0. The van der Waals surface area contributed by atoms with Crippen LogP contribution in [0.1, 0.15) is 12.2 Å². The second-order valence-electron chi connectivity index (χ2n) is 5.49. The minimum Gasteiger partial charge on any atom is -0.360 e. The number of carbonyl (C=O) groups excluding carboxylic acids is 2. The lowest BCUT2D eigenvalue weighted by Crippen LogP contribution is -2.47. The molecule has 2 rings (SSSR count). The largest absolute Gasteiger partial charge is 0.360 e. The van der Waals surface area contributed by atoms with Gasteiger partial charge in [0.25, 0.3) is 0 Å². The van der Waals surface area contributed by atoms with Gasteiger partial charge < -0.3 is 20.1 Å². The van der Waals surface area contributed by atoms with Crippen molar-refractivity contribution in [2.75, 3.05) is 51.6 Å². The summed E-state index contributed by atoms with van der Waals surface area (Å²) >= 11 is 0. The van der Waals surface area contributed by atoms with E-state index < -0.39 is 0 Å². The van der Waals surface area contributed by atoms with Gasteiger partial charge in [-0.2, -0.15) is 0 Å². The molecule has 0 unspecified atom stereocenters. The van der Waals surface area contributed by atoms with E-state index in [1.54, 1.807) is 13.0 Å². The Labute approximate surface area is 142 Å². The van der Waals surface area contributed by atoms with Crippen LogP contribution < -0.4 is 10.6 Å². The molecule has 8 nitrogen and oxygen atoms in total. The van der Waals surface area contributed by atoms with Crippen LogP contribution in [0.5, 0.6) is 0 Å². The molecule has 1 aromatic rings. The lowest BCUT2D eigenvalue weighted by molar-refractivity contribution is -0.132. The van der Waals surface area contributed by atoms with Crippen molar-refractivity contribution in [3.8, 4) is 0 Å². The number of halogens is 1. The molecule has 0 radical (unpaired) electrons. The molecule has 23 heavy (non-hydrogen) atoms. The summed E-state index contributed by atoms with van der Waals surface area (Å²) in [6.07, 6.45) is 0.423. The summed E-state index contributed by atoms with van der Waals surface area (Å²) in [5, 5.41) is 9.58. The van der Waals surface area contributed by atoms with Crippen molar-refractivity contribution in [1.29, 1.82) is 0 Å². The summed E-state index contributed by atoms with van der Waals surface area (Å²) in [7, 11) is 1.82. The van der Waals surface area contributed by atoms with Gasteiger partial charge in [0.05, 0.1) is 6.54 Å². The number of nitrogens with zero attached hydrogens (tertiary/aromatic N) is 3. The highest BCUT2D eigenvalue weighted by atomic mass is 35.5. The van der Waals surface area contributed by atoms with Crippen molar-refractivity contribution in [2.24, 2.45) is 0 Å². The van der Waals surface area contributed by atoms with Crippen molar-refractivity contribution in [2.45, 2.75) is 13.3 Å². The highest BCUT2D eigenvalue weighted by molar-refractivity contribution is 5.91. The number of amides is 2. The van der Waals surface area contributed by atoms with Crippen LogP contribution in [0.2, 0.25) is 0 Å². The Morgan fingerprint density at radius 1 is 1.43 bits per heavy atom. The van der Waals surface area contributed by atoms with Gasteiger partial charge in [0.1, 0.15) is 5.76 Å². The molecule has 0 aliphatic carbocycles. The number of carbonyl (C=O) groups is 2. The van der Waals surface area contributed by atoms with Gasteiger partial charge in [-0.05, 0) is 14.0 Å². The van der Waals surface area contributed by atoms with Gasteiger partial charge in [0.2, 0.25) is 11.8 Å². The van der Waals surface area contributed by atoms with Crippen molar-refractivity contribution < 1.29 is 14.1 Å². The van der Waals surface area contributed by atoms with Crippen LogP contribution in [0, 0.1) is 6.92 Å². The van der Waals surface area contributed by atoms with Gasteiger partial charge in [0, 0.05) is 45.2 Å². The Morgan fingerprint density at radius 3 is 2.74 bits per heavy atom. The fraction of sp³-hybridized carbons (Fsp3) is 0.643. The lowest BCUT2D eigenvalue weighted by atomic mass is 10.3. The number of piperazine rings is 1. The summed E-state index contributed by atoms with van der Waals surface area (Å²) in [6.45, 7) is 5.73. The summed E-state index contributed by atoms with van der Waals surface area (Å²) in [5.74, 6) is 1.02. The molecule has 0 atom stereocenters. The van der Waals surface area contributed by atoms with Crippen LogP contribution in [0.4, 0.5) is 5.82 Å². The molecular weight excluding hydrogens is 322 g/mol. The SMILES string of the molecule is Cc1cc(NC(=O)CN(C)CCC(=O)N2CCNCC2)no1.Cl. The molecule has 1 fully saturated rings. The molecule has 1 aromatic heterocycles. The first-order chi connectivity index (χ1) is 10.5. The first kappa shape index (κ1) is 19.4. The maximum absolute atomic E-state index is 12.0. The molecule has 2 heterocycles. The molecular formula is C14H24ClN5O3. The Morgan fingerprint density at radius 2 is 2.13 bits per heavy atom. The van der Waals surface area contributed by atoms with Crippen LogP contribution in [-0.2, 0) is 9.59 Å². The van der Waals surface area contributed by atoms with Crippen molar-refractivity contribution in [1.82, 2.24) is 20.3 Å². The highest BCUT2D eigenvalue weighted by Crippen LogP contribution is 2.06. The zero-order valence-corrected chi connectivity index (χ0v) is 14.3. The molecule has 2 N–H and O–H groups in total. The maximum atomic E-state index is 12.0. The molecule has 0 aromatic carbocycles. The number of nitrogens with one attached hydrogen (secondary N) is 2. The number of anilines is 1. The number of hydrogen-bond donors (Lipinski definition) is 2. The molecule has 1 aliphatic rings. The second-order valence-corrected chi connectivity index (χ2v) is 5.49. The van der Waals surface area contributed by atoms with E-state index in [1.807, 2.05) is 16.8 Å². The van der Waals surface area contributed by atoms with E-state index in [-0.39, 0.29) is 30.8 Å². The highest BCUT2D eigenvalue weighted by Gasteiger charge is 2.17. The predicted octanol–water partition coefficient (Wildman–Crippen LogP) is 0.0970. The van der Waals surface area contributed by atoms with Gasteiger partial charge in [-0.25, -0.2) is 0 Å². The molecule has 2 amide bonds. The zero-order valence-electron chi connectivity index (χ0n) is 13.5. The van der Waals surface area contributed by atoms with E-state index in [9.17, 15) is 9.59 Å². The fourth-order valence-corrected chi connectivity index (χ4v) is 2.29. The Hall–Kier alpha value is -1.64. The maximum Gasteiger partial charge on any atom is 0.239 e. The Balaban J connectivity index is 0.00000264. The molecule has 1 saturated heterocycles. The van der Waals surface area contributed by atoms with E-state index in [1.165, 1.54) is 0 Å². The third kappa shape index (κ3) is 6.55. The quantitative estimate of drug-likeness (QED) is 0.759. The van der Waals surface area contributed by atoms with Gasteiger partial charge in [-0.3, -0.25) is 14.5 Å². The second kappa shape index (κ2) is 9.49. The van der Waals surface area contributed by atoms with E-state index >= 15 is 0 Å². The summed E-state index contributed by atoms with van der Waals surface area (Å²) in [6, 6.07) is 1.66. The zero-order chi connectivity index (χ0) is 15.9. The average Bonchev–Trinajstić information content (AvgIpc) is 2.90. The van der Waals surface area contributed by atoms with E-state index in [2.05, 4.69) is 15.8 Å². The molecule has 0 saturated carbocycles. The third-order valence-electron chi connectivity index (χ3n) is 3.49. The van der Waals surface area contributed by atoms with Crippen molar-refractivity contribution >= 4 is 30.0 Å². The van der Waals surface area contributed by atoms with E-state index in [0.29, 0.717) is 24.5 Å². The van der Waals surface area contributed by atoms with Gasteiger partial charge in [0.15, 0.2) is 5.82 Å². The molecule has 130 valence electrons. The number of aryl methyl sites for hydroxylation is 1. The van der Waals surface area contributed by atoms with Gasteiger partial charge in [-0.15, -0.1) is 12.4 Å². The fourth-order valence-electron chi connectivity index (χ4n) is 2.29. The Kier molecular flexibility index (Phi) is 8.01. The number of likely N-dealkylation sites (N-methyl/N-ethyl adjacent to an activating group) is 1. The number of rotatable bonds is 6.